The average molecular weight is 767 g/mol. The van der Waals surface area contributed by atoms with Crippen LogP contribution in [0.25, 0.3) is 33.1 Å². The Morgan fingerprint density at radius 3 is 1.71 bits per heavy atom. The zero-order chi connectivity index (χ0) is 47.6. The van der Waals surface area contributed by atoms with Crippen molar-refractivity contribution in [2.45, 2.75) is 5.41 Å². The molecular formula is C55H36N2O2. The molecule has 1 spiro atoms. The predicted octanol–water partition coefficient (Wildman–Crippen LogP) is 15.0. The third-order valence-electron chi connectivity index (χ3n) is 11.5. The first kappa shape index (κ1) is 24.7. The molecule has 1 aromatic heterocycles. The quantitative estimate of drug-likeness (QED) is 0.169. The highest BCUT2D eigenvalue weighted by molar-refractivity contribution is 6.16. The summed E-state index contributed by atoms with van der Waals surface area (Å²) in [5, 5.41) is 0.979. The van der Waals surface area contributed by atoms with Crippen LogP contribution < -0.4 is 14.5 Å². The van der Waals surface area contributed by atoms with E-state index in [1.807, 2.05) is 72.8 Å². The maximum atomic E-state index is 9.10. The minimum Gasteiger partial charge on any atom is -0.457 e. The molecule has 0 saturated heterocycles. The molecule has 0 bridgehead atoms. The fourth-order valence-corrected chi connectivity index (χ4v) is 9.23. The molecule has 0 fully saturated rings. The van der Waals surface area contributed by atoms with Crippen molar-refractivity contribution in [3.63, 3.8) is 0 Å². The first-order valence-corrected chi connectivity index (χ1v) is 19.3. The van der Waals surface area contributed by atoms with Gasteiger partial charge in [0.25, 0.3) is 0 Å². The largest absolute Gasteiger partial charge is 0.457 e. The van der Waals surface area contributed by atoms with Crippen molar-refractivity contribution in [2.24, 2.45) is 0 Å². The van der Waals surface area contributed by atoms with Crippen molar-refractivity contribution in [1.29, 1.82) is 0 Å². The van der Waals surface area contributed by atoms with E-state index in [1.54, 1.807) is 18.2 Å². The topological polar surface area (TPSA) is 28.9 Å². The second kappa shape index (κ2) is 13.1. The van der Waals surface area contributed by atoms with Gasteiger partial charge in [-0.1, -0.05) is 139 Å². The predicted molar refractivity (Wildman–Crippen MR) is 240 cm³/mol. The number of hydrogen-bond acceptors (Lipinski definition) is 4. The molecule has 4 heteroatoms. The number of anilines is 6. The number of para-hydroxylation sites is 6. The summed E-state index contributed by atoms with van der Waals surface area (Å²) in [6.07, 6.45) is 0. The van der Waals surface area contributed by atoms with Crippen molar-refractivity contribution < 1.29 is 22.9 Å². The van der Waals surface area contributed by atoms with E-state index in [9.17, 15) is 0 Å². The van der Waals surface area contributed by atoms with Crippen molar-refractivity contribution in [2.75, 3.05) is 9.80 Å². The zero-order valence-corrected chi connectivity index (χ0v) is 31.2. The fourth-order valence-electron chi connectivity index (χ4n) is 9.23. The van der Waals surface area contributed by atoms with E-state index in [2.05, 4.69) is 71.6 Å². The molecule has 59 heavy (non-hydrogen) atoms. The number of benzene rings is 9. The smallest absolute Gasteiger partial charge is 0.159 e. The Bertz CT molecular complexity index is 3650. The molecule has 278 valence electrons. The van der Waals surface area contributed by atoms with Gasteiger partial charge in [-0.2, -0.15) is 0 Å². The van der Waals surface area contributed by atoms with Gasteiger partial charge in [0.2, 0.25) is 0 Å². The lowest BCUT2D eigenvalue weighted by molar-refractivity contribution is 0.436. The first-order valence-electron chi connectivity index (χ1n) is 24.3. The lowest BCUT2D eigenvalue weighted by Crippen LogP contribution is -2.32. The molecule has 2 heterocycles. The number of fused-ring (bicyclic) bond motifs is 12. The van der Waals surface area contributed by atoms with Crippen LogP contribution in [0.3, 0.4) is 0 Å². The Labute approximate surface area is 356 Å². The molecule has 0 N–H and O–H groups in total. The number of ether oxygens (including phenoxy) is 1. The van der Waals surface area contributed by atoms with Gasteiger partial charge in [0.05, 0.1) is 35.9 Å². The van der Waals surface area contributed by atoms with Crippen molar-refractivity contribution in [3.8, 4) is 22.6 Å². The van der Waals surface area contributed by atoms with Crippen LogP contribution in [-0.2, 0) is 5.41 Å². The maximum absolute atomic E-state index is 9.10. The number of furan rings is 1. The van der Waals surface area contributed by atoms with E-state index < -0.39 is 77.2 Å². The number of nitrogens with zero attached hydrogens (tertiary/aromatic N) is 2. The van der Waals surface area contributed by atoms with Gasteiger partial charge in [-0.25, -0.2) is 0 Å². The SMILES string of the molecule is [2H]c1c([2H])c([2H])c(N(c2c([2H])c([2H])c([2H])c([2H])c2[2H])c2cccc3oc4c(N(c5ccccc5)c5ccc6c(c5)-c5ccccc5C65c6ccccc6Oc6ccccc65)cccc4c23)c([2H])c1[2H]. The highest BCUT2D eigenvalue weighted by atomic mass is 16.5. The van der Waals surface area contributed by atoms with Crippen LogP contribution in [0.4, 0.5) is 34.1 Å². The van der Waals surface area contributed by atoms with Gasteiger partial charge in [-0.05, 0) is 101 Å². The molecule has 2 aliphatic rings. The summed E-state index contributed by atoms with van der Waals surface area (Å²) in [5.74, 6) is 1.59. The highest BCUT2D eigenvalue weighted by Crippen LogP contribution is 2.62. The molecule has 0 atom stereocenters. The Morgan fingerprint density at radius 1 is 0.424 bits per heavy atom. The van der Waals surface area contributed by atoms with Gasteiger partial charge in [-0.15, -0.1) is 0 Å². The molecule has 0 radical (unpaired) electrons. The van der Waals surface area contributed by atoms with E-state index in [-0.39, 0.29) is 5.69 Å². The minimum atomic E-state index is -0.672. The third kappa shape index (κ3) is 4.90. The lowest BCUT2D eigenvalue weighted by Gasteiger charge is -2.39. The highest BCUT2D eigenvalue weighted by Gasteiger charge is 2.51. The van der Waals surface area contributed by atoms with Gasteiger partial charge >= 0.3 is 0 Å². The Kier molecular flexibility index (Phi) is 5.50. The van der Waals surface area contributed by atoms with Gasteiger partial charge in [0, 0.05) is 39.3 Å². The van der Waals surface area contributed by atoms with E-state index in [1.165, 1.54) is 4.90 Å². The van der Waals surface area contributed by atoms with E-state index in [0.29, 0.717) is 27.6 Å². The summed E-state index contributed by atoms with van der Waals surface area (Å²) in [6, 6.07) is 45.7. The molecule has 9 aromatic carbocycles. The van der Waals surface area contributed by atoms with E-state index >= 15 is 0 Å². The second-order valence-corrected chi connectivity index (χ2v) is 14.5. The first-order chi connectivity index (χ1) is 33.4. The summed E-state index contributed by atoms with van der Waals surface area (Å²) in [4.78, 5) is 3.30. The third-order valence-corrected chi connectivity index (χ3v) is 11.5. The van der Waals surface area contributed by atoms with Gasteiger partial charge in [-0.3, -0.25) is 0 Å². The molecule has 1 aliphatic heterocycles. The second-order valence-electron chi connectivity index (χ2n) is 14.5. The van der Waals surface area contributed by atoms with Crippen LogP contribution in [0.2, 0.25) is 0 Å². The molecule has 4 nitrogen and oxygen atoms in total. The summed E-state index contributed by atoms with van der Waals surface area (Å²) in [6.45, 7) is 0. The monoisotopic (exact) mass is 766 g/mol. The van der Waals surface area contributed by atoms with Crippen molar-refractivity contribution >= 4 is 56.1 Å². The zero-order valence-electron chi connectivity index (χ0n) is 41.2. The molecule has 0 unspecified atom stereocenters. The summed E-state index contributed by atoms with van der Waals surface area (Å²) in [5.41, 5.74) is 8.27. The fraction of sp³-hybridized carbons (Fsp3) is 0.0182. The number of hydrogen-bond donors (Lipinski definition) is 0. The average Bonchev–Trinajstić information content (AvgIpc) is 3.91. The molecule has 0 amide bonds. The van der Waals surface area contributed by atoms with Crippen LogP contribution in [-0.4, -0.2) is 0 Å². The number of rotatable bonds is 6. The lowest BCUT2D eigenvalue weighted by atomic mass is 9.66. The molecule has 1 aliphatic carbocycles. The van der Waals surface area contributed by atoms with Gasteiger partial charge in [0.1, 0.15) is 17.1 Å². The molecule has 10 aromatic rings. The van der Waals surface area contributed by atoms with Crippen LogP contribution in [0.5, 0.6) is 11.5 Å². The Hall–Kier alpha value is -7.82. The van der Waals surface area contributed by atoms with Crippen molar-refractivity contribution in [1.82, 2.24) is 0 Å². The maximum Gasteiger partial charge on any atom is 0.159 e. The molecule has 0 saturated carbocycles. The standard InChI is InChI=1S/C55H36N2O2/c1-4-18-37(19-5-1)56(38-20-6-2-7-21-38)48-29-17-33-52-53(48)42-25-16-30-49(54(42)59-52)57(39-22-8-3-9-23-39)40-34-35-45-43(36-40)41-24-10-11-26-44(41)55(45)46-27-12-14-31-50(46)58-51-32-15-13-28-47(51)55/h1-36H/i1D,2D,4D,5D,6D,7D,18D,19D,20D,21D. The summed E-state index contributed by atoms with van der Waals surface area (Å²) < 4.78 is 101. The molecular weight excluding hydrogens is 721 g/mol. The van der Waals surface area contributed by atoms with Crippen LogP contribution in [0.15, 0.2) is 223 Å². The van der Waals surface area contributed by atoms with Crippen LogP contribution in [0.1, 0.15) is 36.0 Å². The summed E-state index contributed by atoms with van der Waals surface area (Å²) in [7, 11) is 0. The van der Waals surface area contributed by atoms with Gasteiger partial charge < -0.3 is 19.0 Å². The van der Waals surface area contributed by atoms with E-state index in [0.717, 1.165) is 56.3 Å². The minimum absolute atomic E-state index is 0.170. The Balaban J connectivity index is 1.12. The molecule has 12 rings (SSSR count). The normalized spacial score (nSPS) is 15.4. The van der Waals surface area contributed by atoms with Crippen LogP contribution in [0, 0.1) is 0 Å². The Morgan fingerprint density at radius 2 is 1.00 bits per heavy atom. The van der Waals surface area contributed by atoms with E-state index in [4.69, 9.17) is 22.9 Å². The van der Waals surface area contributed by atoms with Crippen molar-refractivity contribution in [3.05, 3.63) is 240 Å². The van der Waals surface area contributed by atoms with Crippen LogP contribution >= 0.6 is 0 Å². The summed E-state index contributed by atoms with van der Waals surface area (Å²) >= 11 is 0. The van der Waals surface area contributed by atoms with Gasteiger partial charge in [0.15, 0.2) is 5.58 Å².